The number of allylic oxidation sites excluding steroid dienone is 1. The zero-order valence-electron chi connectivity index (χ0n) is 12.3. The van der Waals surface area contributed by atoms with Crippen molar-refractivity contribution in [2.45, 2.75) is 38.6 Å². The number of hydrogen-bond acceptors (Lipinski definition) is 3. The number of piperidine rings is 1. The van der Waals surface area contributed by atoms with Crippen molar-refractivity contribution in [3.05, 3.63) is 12.2 Å². The van der Waals surface area contributed by atoms with Crippen LogP contribution in [0, 0.1) is 11.8 Å². The molecule has 1 aliphatic carbocycles. The third-order valence-electron chi connectivity index (χ3n) is 4.26. The lowest BCUT2D eigenvalue weighted by molar-refractivity contribution is -0.148. The van der Waals surface area contributed by atoms with Crippen molar-refractivity contribution < 1.29 is 14.3 Å². The largest absolute Gasteiger partial charge is 0.469 e. The molecule has 2 aliphatic rings. The summed E-state index contributed by atoms with van der Waals surface area (Å²) < 4.78 is 4.81. The van der Waals surface area contributed by atoms with Crippen molar-refractivity contribution in [3.8, 4) is 0 Å². The summed E-state index contributed by atoms with van der Waals surface area (Å²) in [7, 11) is 1.42. The van der Waals surface area contributed by atoms with Crippen molar-refractivity contribution >= 4 is 12.0 Å². The molecule has 1 heterocycles. The summed E-state index contributed by atoms with van der Waals surface area (Å²) in [6.07, 6.45) is 8.13. The van der Waals surface area contributed by atoms with Gasteiger partial charge < -0.3 is 15.0 Å². The Morgan fingerprint density at radius 3 is 2.75 bits per heavy atom. The molecule has 1 aliphatic heterocycles. The third-order valence-corrected chi connectivity index (χ3v) is 4.26. The molecule has 0 bridgehead atoms. The van der Waals surface area contributed by atoms with Gasteiger partial charge in [0.25, 0.3) is 0 Å². The van der Waals surface area contributed by atoms with Crippen LogP contribution in [0.4, 0.5) is 4.79 Å². The smallest absolute Gasteiger partial charge is 0.317 e. The van der Waals surface area contributed by atoms with E-state index in [1.165, 1.54) is 7.11 Å². The highest BCUT2D eigenvalue weighted by molar-refractivity contribution is 5.76. The van der Waals surface area contributed by atoms with E-state index in [1.54, 1.807) is 0 Å². The van der Waals surface area contributed by atoms with Gasteiger partial charge in [-0.2, -0.15) is 0 Å². The second-order valence-corrected chi connectivity index (χ2v) is 5.76. The highest BCUT2D eigenvalue weighted by atomic mass is 16.5. The topological polar surface area (TPSA) is 58.6 Å². The van der Waals surface area contributed by atoms with Crippen molar-refractivity contribution in [2.75, 3.05) is 20.2 Å². The molecule has 0 saturated carbocycles. The molecule has 0 radical (unpaired) electrons. The molecular weight excluding hydrogens is 256 g/mol. The standard InChI is InChI=1S/C15H24N2O3/c1-11-10-17(9-8-13(11)14(18)20-2)15(19)16-12-6-4-3-5-7-12/h4,6,11-13H,3,5,7-10H2,1-2H3,(H,16,19)/t11-,12-,13-/m1/s1. The quantitative estimate of drug-likeness (QED) is 0.621. The average molecular weight is 280 g/mol. The second kappa shape index (κ2) is 6.77. The number of carbonyl (C=O) groups excluding carboxylic acids is 2. The van der Waals surface area contributed by atoms with Crippen LogP contribution in [0.1, 0.15) is 32.6 Å². The van der Waals surface area contributed by atoms with E-state index in [0.717, 1.165) is 19.3 Å². The normalized spacial score (nSPS) is 29.9. The van der Waals surface area contributed by atoms with Crippen molar-refractivity contribution in [2.24, 2.45) is 11.8 Å². The van der Waals surface area contributed by atoms with E-state index >= 15 is 0 Å². The fraction of sp³-hybridized carbons (Fsp3) is 0.733. The van der Waals surface area contributed by atoms with Crippen LogP contribution in [0.15, 0.2) is 12.2 Å². The first kappa shape index (κ1) is 14.9. The predicted octanol–water partition coefficient (Wildman–Crippen LogP) is 1.94. The van der Waals surface area contributed by atoms with E-state index in [4.69, 9.17) is 4.74 Å². The molecule has 1 fully saturated rings. The van der Waals surface area contributed by atoms with Gasteiger partial charge in [-0.15, -0.1) is 0 Å². The van der Waals surface area contributed by atoms with Gasteiger partial charge in [-0.1, -0.05) is 19.1 Å². The minimum atomic E-state index is -0.159. The summed E-state index contributed by atoms with van der Waals surface area (Å²) in [6, 6.07) is 0.140. The van der Waals surface area contributed by atoms with Crippen LogP contribution in [0.5, 0.6) is 0 Å². The van der Waals surface area contributed by atoms with Crippen molar-refractivity contribution in [3.63, 3.8) is 0 Å². The third kappa shape index (κ3) is 3.52. The number of ether oxygens (including phenoxy) is 1. The summed E-state index contributed by atoms with van der Waals surface area (Å²) in [4.78, 5) is 25.7. The number of rotatable bonds is 2. The Hall–Kier alpha value is -1.52. The van der Waals surface area contributed by atoms with Crippen LogP contribution in [-0.4, -0.2) is 43.1 Å². The Labute approximate surface area is 120 Å². The molecule has 0 aromatic carbocycles. The van der Waals surface area contributed by atoms with Gasteiger partial charge in [0.05, 0.1) is 13.0 Å². The molecule has 2 amide bonds. The van der Waals surface area contributed by atoms with Crippen LogP contribution in [0.25, 0.3) is 0 Å². The Bertz CT molecular complexity index is 395. The van der Waals surface area contributed by atoms with Crippen LogP contribution in [0.2, 0.25) is 0 Å². The van der Waals surface area contributed by atoms with Gasteiger partial charge in [0, 0.05) is 19.1 Å². The Balaban J connectivity index is 1.85. The maximum Gasteiger partial charge on any atom is 0.317 e. The second-order valence-electron chi connectivity index (χ2n) is 5.76. The Morgan fingerprint density at radius 2 is 2.15 bits per heavy atom. The number of likely N-dealkylation sites (tertiary alicyclic amines) is 1. The SMILES string of the molecule is COC(=O)[C@@H]1CCN(C(=O)N[C@@H]2C=CCCC2)C[C@H]1C. The molecule has 5 heteroatoms. The van der Waals surface area contributed by atoms with E-state index in [9.17, 15) is 9.59 Å². The molecule has 2 rings (SSSR count). The first-order valence-electron chi connectivity index (χ1n) is 7.41. The highest BCUT2D eigenvalue weighted by Gasteiger charge is 2.34. The fourth-order valence-corrected chi connectivity index (χ4v) is 3.01. The van der Waals surface area contributed by atoms with Gasteiger partial charge in [0.1, 0.15) is 0 Å². The predicted molar refractivity (Wildman–Crippen MR) is 76.2 cm³/mol. The molecule has 0 aromatic rings. The van der Waals surface area contributed by atoms with Crippen LogP contribution in [-0.2, 0) is 9.53 Å². The zero-order chi connectivity index (χ0) is 14.5. The molecule has 20 heavy (non-hydrogen) atoms. The van der Waals surface area contributed by atoms with Gasteiger partial charge >= 0.3 is 12.0 Å². The Kier molecular flexibility index (Phi) is 5.04. The summed E-state index contributed by atoms with van der Waals surface area (Å²) in [5.41, 5.74) is 0. The lowest BCUT2D eigenvalue weighted by Gasteiger charge is -2.36. The number of hydrogen-bond donors (Lipinski definition) is 1. The van der Waals surface area contributed by atoms with Crippen molar-refractivity contribution in [1.29, 1.82) is 0 Å². The number of nitrogens with one attached hydrogen (secondary N) is 1. The summed E-state index contributed by atoms with van der Waals surface area (Å²) >= 11 is 0. The number of esters is 1. The minimum Gasteiger partial charge on any atom is -0.469 e. The first-order valence-corrected chi connectivity index (χ1v) is 7.41. The maximum absolute atomic E-state index is 12.2. The van der Waals surface area contributed by atoms with E-state index < -0.39 is 0 Å². The molecule has 0 aromatic heterocycles. The summed E-state index contributed by atoms with van der Waals surface area (Å²) in [5, 5.41) is 3.05. The number of nitrogens with zero attached hydrogens (tertiary/aromatic N) is 1. The van der Waals surface area contributed by atoms with Gasteiger partial charge in [-0.25, -0.2) is 4.79 Å². The molecule has 0 spiro atoms. The van der Waals surface area contributed by atoms with Gasteiger partial charge in [-0.3, -0.25) is 4.79 Å². The van der Waals surface area contributed by atoms with E-state index in [0.29, 0.717) is 19.5 Å². The highest BCUT2D eigenvalue weighted by Crippen LogP contribution is 2.24. The van der Waals surface area contributed by atoms with E-state index in [1.807, 2.05) is 11.8 Å². The molecule has 1 N–H and O–H groups in total. The van der Waals surface area contributed by atoms with Gasteiger partial charge in [0.2, 0.25) is 0 Å². The molecule has 112 valence electrons. The Morgan fingerprint density at radius 1 is 1.35 bits per heavy atom. The zero-order valence-corrected chi connectivity index (χ0v) is 12.3. The first-order chi connectivity index (χ1) is 9.61. The minimum absolute atomic E-state index is 0.0169. The molecule has 5 nitrogen and oxygen atoms in total. The molecular formula is C15H24N2O3. The van der Waals surface area contributed by atoms with Crippen molar-refractivity contribution in [1.82, 2.24) is 10.2 Å². The number of methoxy groups -OCH3 is 1. The van der Waals surface area contributed by atoms with Crippen LogP contribution in [0.3, 0.4) is 0 Å². The molecule has 0 unspecified atom stereocenters. The number of carbonyl (C=O) groups is 2. The van der Waals surface area contributed by atoms with E-state index in [-0.39, 0.29) is 29.9 Å². The summed E-state index contributed by atoms with van der Waals surface area (Å²) in [6.45, 7) is 3.23. The van der Waals surface area contributed by atoms with Crippen LogP contribution < -0.4 is 5.32 Å². The van der Waals surface area contributed by atoms with Crippen LogP contribution >= 0.6 is 0 Å². The lowest BCUT2D eigenvalue weighted by atomic mass is 9.87. The van der Waals surface area contributed by atoms with E-state index in [2.05, 4.69) is 17.5 Å². The fourth-order valence-electron chi connectivity index (χ4n) is 3.01. The molecule has 1 saturated heterocycles. The average Bonchev–Trinajstić information content (AvgIpc) is 2.47. The molecule has 3 atom stereocenters. The summed E-state index contributed by atoms with van der Waals surface area (Å²) in [5.74, 6) is -0.102. The van der Waals surface area contributed by atoms with Gasteiger partial charge in [-0.05, 0) is 31.6 Å². The van der Waals surface area contributed by atoms with Gasteiger partial charge in [0.15, 0.2) is 0 Å². The maximum atomic E-state index is 12.2. The number of urea groups is 1. The number of amides is 2. The lowest BCUT2D eigenvalue weighted by Crippen LogP contribution is -2.51. The monoisotopic (exact) mass is 280 g/mol.